The Morgan fingerprint density at radius 2 is 2.47 bits per heavy atom. The summed E-state index contributed by atoms with van der Waals surface area (Å²) < 4.78 is 5.67. The largest absolute Gasteiger partial charge is 0.374 e. The Morgan fingerprint density at radius 3 is 3.00 bits per heavy atom. The average Bonchev–Trinajstić information content (AvgIpc) is 2.75. The van der Waals surface area contributed by atoms with Crippen molar-refractivity contribution in [2.75, 3.05) is 26.7 Å². The maximum atomic E-state index is 11.6. The minimum atomic E-state index is -0.0541. The van der Waals surface area contributed by atoms with Crippen molar-refractivity contribution in [1.29, 1.82) is 0 Å². The third-order valence-electron chi connectivity index (χ3n) is 3.45. The fraction of sp³-hybridized carbons (Fsp3) is 0.909. The van der Waals surface area contributed by atoms with Crippen molar-refractivity contribution in [2.24, 2.45) is 0 Å². The lowest BCUT2D eigenvalue weighted by molar-refractivity contribution is -0.128. The van der Waals surface area contributed by atoms with Gasteiger partial charge in [0.25, 0.3) is 0 Å². The molecule has 0 bridgehead atoms. The molecule has 0 spiro atoms. The monoisotopic (exact) mass is 212 g/mol. The van der Waals surface area contributed by atoms with E-state index in [-0.39, 0.29) is 17.6 Å². The van der Waals surface area contributed by atoms with Crippen LogP contribution in [0.5, 0.6) is 0 Å². The van der Waals surface area contributed by atoms with Crippen molar-refractivity contribution in [3.05, 3.63) is 0 Å². The predicted octanol–water partition coefficient (Wildman–Crippen LogP) is 0.376. The molecule has 0 aromatic heterocycles. The van der Waals surface area contributed by atoms with Crippen molar-refractivity contribution >= 4 is 5.91 Å². The van der Waals surface area contributed by atoms with E-state index < -0.39 is 0 Å². The lowest BCUT2D eigenvalue weighted by Crippen LogP contribution is -2.45. The Labute approximate surface area is 91.0 Å². The lowest BCUT2D eigenvalue weighted by Gasteiger charge is -2.25. The standard InChI is InChI=1S/C11H20N2O2/c1-11(5-3-7-15-11)8-12-9-4-6-13(2)10(9)14/h9,12H,3-8H2,1-2H3. The summed E-state index contributed by atoms with van der Waals surface area (Å²) in [5.74, 6) is 0.219. The van der Waals surface area contributed by atoms with Crippen molar-refractivity contribution in [1.82, 2.24) is 10.2 Å². The molecular weight excluding hydrogens is 192 g/mol. The SMILES string of the molecule is CN1CCC(NCC2(C)CCCO2)C1=O. The Balaban J connectivity index is 1.80. The molecule has 0 aromatic rings. The number of carbonyl (C=O) groups is 1. The summed E-state index contributed by atoms with van der Waals surface area (Å²) >= 11 is 0. The summed E-state index contributed by atoms with van der Waals surface area (Å²) in [6.45, 7) is 4.64. The molecular formula is C11H20N2O2. The molecule has 0 aliphatic carbocycles. The van der Waals surface area contributed by atoms with E-state index >= 15 is 0 Å². The van der Waals surface area contributed by atoms with Gasteiger partial charge in [-0.1, -0.05) is 0 Å². The fourth-order valence-corrected chi connectivity index (χ4v) is 2.33. The molecule has 1 N–H and O–H groups in total. The van der Waals surface area contributed by atoms with E-state index in [0.29, 0.717) is 0 Å². The molecule has 0 saturated carbocycles. The molecule has 4 nitrogen and oxygen atoms in total. The number of carbonyl (C=O) groups excluding carboxylic acids is 1. The summed E-state index contributed by atoms with van der Waals surface area (Å²) in [7, 11) is 1.86. The number of amides is 1. The van der Waals surface area contributed by atoms with Crippen molar-refractivity contribution in [3.63, 3.8) is 0 Å². The number of nitrogens with zero attached hydrogens (tertiary/aromatic N) is 1. The molecule has 2 aliphatic rings. The first-order valence-corrected chi connectivity index (χ1v) is 5.73. The molecule has 1 amide bonds. The van der Waals surface area contributed by atoms with Crippen LogP contribution in [-0.2, 0) is 9.53 Å². The molecule has 2 aliphatic heterocycles. The molecule has 0 aromatic carbocycles. The minimum Gasteiger partial charge on any atom is -0.374 e. The van der Waals surface area contributed by atoms with Gasteiger partial charge in [0.15, 0.2) is 0 Å². The van der Waals surface area contributed by atoms with Crippen LogP contribution in [-0.4, -0.2) is 49.2 Å². The maximum Gasteiger partial charge on any atom is 0.239 e. The topological polar surface area (TPSA) is 41.6 Å². The van der Waals surface area contributed by atoms with Crippen molar-refractivity contribution < 1.29 is 9.53 Å². The number of likely N-dealkylation sites (tertiary alicyclic amines) is 1. The number of rotatable bonds is 3. The van der Waals surface area contributed by atoms with E-state index in [2.05, 4.69) is 12.2 Å². The first-order valence-electron chi connectivity index (χ1n) is 5.73. The van der Waals surface area contributed by atoms with Gasteiger partial charge in [0.2, 0.25) is 5.91 Å². The van der Waals surface area contributed by atoms with Crippen LogP contribution in [0.1, 0.15) is 26.2 Å². The molecule has 2 atom stereocenters. The first-order chi connectivity index (χ1) is 7.11. The first kappa shape index (κ1) is 10.9. The van der Waals surface area contributed by atoms with Crippen LogP contribution >= 0.6 is 0 Å². The van der Waals surface area contributed by atoms with Crippen LogP contribution in [0, 0.1) is 0 Å². The van der Waals surface area contributed by atoms with Crippen molar-refractivity contribution in [2.45, 2.75) is 37.8 Å². The van der Waals surface area contributed by atoms with E-state index in [1.165, 1.54) is 0 Å². The van der Waals surface area contributed by atoms with Crippen molar-refractivity contribution in [3.8, 4) is 0 Å². The van der Waals surface area contributed by atoms with E-state index in [0.717, 1.165) is 39.0 Å². The number of nitrogens with one attached hydrogen (secondary N) is 1. The van der Waals surface area contributed by atoms with Crippen LogP contribution in [0.15, 0.2) is 0 Å². The summed E-state index contributed by atoms with van der Waals surface area (Å²) in [5, 5.41) is 3.33. The third-order valence-corrected chi connectivity index (χ3v) is 3.45. The van der Waals surface area contributed by atoms with Gasteiger partial charge in [-0.25, -0.2) is 0 Å². The Bertz CT molecular complexity index is 249. The Hall–Kier alpha value is -0.610. The zero-order chi connectivity index (χ0) is 10.9. The second-order valence-electron chi connectivity index (χ2n) is 4.88. The highest BCUT2D eigenvalue weighted by atomic mass is 16.5. The number of ether oxygens (including phenoxy) is 1. The van der Waals surface area contributed by atoms with Crippen LogP contribution in [0.25, 0.3) is 0 Å². The van der Waals surface area contributed by atoms with Gasteiger partial charge in [-0.05, 0) is 26.2 Å². The zero-order valence-corrected chi connectivity index (χ0v) is 9.58. The highest BCUT2D eigenvalue weighted by Crippen LogP contribution is 2.24. The van der Waals surface area contributed by atoms with Gasteiger partial charge in [-0.15, -0.1) is 0 Å². The van der Waals surface area contributed by atoms with Gasteiger partial charge in [-0.2, -0.15) is 0 Å². The van der Waals surface area contributed by atoms with Crippen LogP contribution in [0.3, 0.4) is 0 Å². The van der Waals surface area contributed by atoms with Gasteiger partial charge < -0.3 is 15.0 Å². The average molecular weight is 212 g/mol. The lowest BCUT2D eigenvalue weighted by atomic mass is 10.0. The molecule has 0 radical (unpaired) electrons. The van der Waals surface area contributed by atoms with E-state index in [1.807, 2.05) is 7.05 Å². The van der Waals surface area contributed by atoms with Gasteiger partial charge in [-0.3, -0.25) is 4.79 Å². The highest BCUT2D eigenvalue weighted by molar-refractivity contribution is 5.83. The smallest absolute Gasteiger partial charge is 0.239 e. The number of hydrogen-bond acceptors (Lipinski definition) is 3. The summed E-state index contributed by atoms with van der Waals surface area (Å²) in [6.07, 6.45) is 3.15. The van der Waals surface area contributed by atoms with Crippen LogP contribution in [0.4, 0.5) is 0 Å². The molecule has 86 valence electrons. The minimum absolute atomic E-state index is 0.0102. The molecule has 2 heterocycles. The molecule has 2 rings (SSSR count). The molecule has 4 heteroatoms. The van der Waals surface area contributed by atoms with E-state index in [1.54, 1.807) is 4.90 Å². The molecule has 2 fully saturated rings. The number of likely N-dealkylation sites (N-methyl/N-ethyl adjacent to an activating group) is 1. The maximum absolute atomic E-state index is 11.6. The van der Waals surface area contributed by atoms with Gasteiger partial charge >= 0.3 is 0 Å². The van der Waals surface area contributed by atoms with Crippen LogP contribution in [0.2, 0.25) is 0 Å². The highest BCUT2D eigenvalue weighted by Gasteiger charge is 2.34. The quantitative estimate of drug-likeness (QED) is 0.735. The normalized spacial score (nSPS) is 36.5. The van der Waals surface area contributed by atoms with Crippen LogP contribution < -0.4 is 5.32 Å². The Kier molecular flexibility index (Phi) is 2.98. The fourth-order valence-electron chi connectivity index (χ4n) is 2.33. The summed E-state index contributed by atoms with van der Waals surface area (Å²) in [5.41, 5.74) is -0.0541. The number of hydrogen-bond donors (Lipinski definition) is 1. The second kappa shape index (κ2) is 4.10. The zero-order valence-electron chi connectivity index (χ0n) is 9.58. The van der Waals surface area contributed by atoms with Gasteiger partial charge in [0.05, 0.1) is 11.6 Å². The van der Waals surface area contributed by atoms with E-state index in [9.17, 15) is 4.79 Å². The Morgan fingerprint density at radius 1 is 1.67 bits per heavy atom. The third kappa shape index (κ3) is 2.32. The molecule has 15 heavy (non-hydrogen) atoms. The van der Waals surface area contributed by atoms with Gasteiger partial charge in [0, 0.05) is 26.7 Å². The predicted molar refractivity (Wildman–Crippen MR) is 57.6 cm³/mol. The van der Waals surface area contributed by atoms with Gasteiger partial charge in [0.1, 0.15) is 0 Å². The second-order valence-corrected chi connectivity index (χ2v) is 4.88. The molecule has 2 saturated heterocycles. The summed E-state index contributed by atoms with van der Waals surface area (Å²) in [4.78, 5) is 13.4. The summed E-state index contributed by atoms with van der Waals surface area (Å²) in [6, 6.07) is 0.0102. The molecule has 2 unspecified atom stereocenters. The van der Waals surface area contributed by atoms with E-state index in [4.69, 9.17) is 4.74 Å².